The second kappa shape index (κ2) is 6.99. The van der Waals surface area contributed by atoms with Gasteiger partial charge >= 0.3 is 5.97 Å². The molecule has 21 heavy (non-hydrogen) atoms. The molecule has 2 rings (SSSR count). The van der Waals surface area contributed by atoms with Crippen molar-refractivity contribution in [1.29, 1.82) is 0 Å². The molecule has 6 nitrogen and oxygen atoms in total. The Balaban J connectivity index is 2.05. The molecule has 1 atom stereocenters. The fraction of sp³-hybridized carbons (Fsp3) is 0.400. The number of hydrogen-bond donors (Lipinski definition) is 1. The molecule has 0 aliphatic carbocycles. The summed E-state index contributed by atoms with van der Waals surface area (Å²) < 4.78 is 5.26. The topological polar surface area (TPSA) is 79.5 Å². The first-order valence-electron chi connectivity index (χ1n) is 6.94. The standard InChI is InChI=1S/C15H19N3O3/c1-3-18(11(2)9-14(19)20)10-13-16-15(17-21-13)12-7-5-4-6-8-12/h4-8,11H,3,9-10H2,1-2H3,(H,19,20). The molecule has 0 amide bonds. The second-order valence-electron chi connectivity index (χ2n) is 4.89. The third-order valence-corrected chi connectivity index (χ3v) is 3.34. The first-order valence-corrected chi connectivity index (χ1v) is 6.94. The summed E-state index contributed by atoms with van der Waals surface area (Å²) in [7, 11) is 0. The molecular formula is C15H19N3O3. The SMILES string of the molecule is CCN(Cc1nc(-c2ccccc2)no1)C(C)CC(=O)O. The maximum absolute atomic E-state index is 10.8. The van der Waals surface area contributed by atoms with Crippen LogP contribution in [0.15, 0.2) is 34.9 Å². The van der Waals surface area contributed by atoms with E-state index in [0.717, 1.165) is 12.1 Å². The number of carbonyl (C=O) groups is 1. The summed E-state index contributed by atoms with van der Waals surface area (Å²) >= 11 is 0. The van der Waals surface area contributed by atoms with E-state index >= 15 is 0 Å². The maximum atomic E-state index is 10.8. The van der Waals surface area contributed by atoms with E-state index in [0.29, 0.717) is 18.3 Å². The molecule has 112 valence electrons. The van der Waals surface area contributed by atoms with E-state index in [1.807, 2.05) is 49.1 Å². The van der Waals surface area contributed by atoms with Crippen molar-refractivity contribution in [2.45, 2.75) is 32.9 Å². The van der Waals surface area contributed by atoms with Gasteiger partial charge in [-0.05, 0) is 13.5 Å². The molecule has 2 aromatic rings. The minimum absolute atomic E-state index is 0.0837. The van der Waals surface area contributed by atoms with Crippen molar-refractivity contribution >= 4 is 5.97 Å². The maximum Gasteiger partial charge on any atom is 0.304 e. The molecule has 1 aromatic heterocycles. The minimum Gasteiger partial charge on any atom is -0.481 e. The Labute approximate surface area is 123 Å². The molecule has 1 heterocycles. The van der Waals surface area contributed by atoms with Crippen LogP contribution in [0.5, 0.6) is 0 Å². The highest BCUT2D eigenvalue weighted by molar-refractivity contribution is 5.67. The van der Waals surface area contributed by atoms with Gasteiger partial charge in [0.15, 0.2) is 0 Å². The van der Waals surface area contributed by atoms with Crippen LogP contribution in [0.2, 0.25) is 0 Å². The molecule has 0 saturated heterocycles. The fourth-order valence-corrected chi connectivity index (χ4v) is 2.16. The van der Waals surface area contributed by atoms with Gasteiger partial charge in [-0.15, -0.1) is 0 Å². The lowest BCUT2D eigenvalue weighted by atomic mass is 10.2. The van der Waals surface area contributed by atoms with Gasteiger partial charge in [0.25, 0.3) is 0 Å². The van der Waals surface area contributed by atoms with E-state index in [-0.39, 0.29) is 12.5 Å². The van der Waals surface area contributed by atoms with Crippen molar-refractivity contribution in [3.05, 3.63) is 36.2 Å². The number of nitrogens with zero attached hydrogens (tertiary/aromatic N) is 3. The Morgan fingerprint density at radius 1 is 1.38 bits per heavy atom. The molecule has 1 N–H and O–H groups in total. The molecule has 0 aliphatic rings. The summed E-state index contributed by atoms with van der Waals surface area (Å²) in [5, 5.41) is 12.8. The smallest absolute Gasteiger partial charge is 0.304 e. The highest BCUT2D eigenvalue weighted by Gasteiger charge is 2.18. The molecule has 0 saturated carbocycles. The van der Waals surface area contributed by atoms with Gasteiger partial charge in [0.1, 0.15) is 0 Å². The Morgan fingerprint density at radius 3 is 2.71 bits per heavy atom. The monoisotopic (exact) mass is 289 g/mol. The summed E-state index contributed by atoms with van der Waals surface area (Å²) in [4.78, 5) is 17.2. The lowest BCUT2D eigenvalue weighted by Gasteiger charge is -2.24. The van der Waals surface area contributed by atoms with Crippen LogP contribution in [0.25, 0.3) is 11.4 Å². The van der Waals surface area contributed by atoms with Crippen molar-refractivity contribution in [3.8, 4) is 11.4 Å². The first kappa shape index (κ1) is 15.2. The van der Waals surface area contributed by atoms with Crippen LogP contribution in [0.3, 0.4) is 0 Å². The highest BCUT2D eigenvalue weighted by Crippen LogP contribution is 2.16. The van der Waals surface area contributed by atoms with Crippen LogP contribution in [0, 0.1) is 0 Å². The third kappa shape index (κ3) is 4.13. The van der Waals surface area contributed by atoms with Crippen LogP contribution in [0.1, 0.15) is 26.2 Å². The van der Waals surface area contributed by atoms with Crippen LogP contribution >= 0.6 is 0 Å². The zero-order chi connectivity index (χ0) is 15.2. The van der Waals surface area contributed by atoms with Crippen molar-refractivity contribution < 1.29 is 14.4 Å². The lowest BCUT2D eigenvalue weighted by Crippen LogP contribution is -2.34. The Bertz CT molecular complexity index is 583. The van der Waals surface area contributed by atoms with Crippen LogP contribution in [-0.2, 0) is 11.3 Å². The predicted molar refractivity (Wildman–Crippen MR) is 77.5 cm³/mol. The van der Waals surface area contributed by atoms with Crippen molar-refractivity contribution in [2.24, 2.45) is 0 Å². The predicted octanol–water partition coefficient (Wildman–Crippen LogP) is 2.42. The Hall–Kier alpha value is -2.21. The zero-order valence-electron chi connectivity index (χ0n) is 12.2. The van der Waals surface area contributed by atoms with E-state index in [4.69, 9.17) is 9.63 Å². The van der Waals surface area contributed by atoms with Crippen LogP contribution in [-0.4, -0.2) is 38.7 Å². The molecular weight excluding hydrogens is 270 g/mol. The molecule has 0 bridgehead atoms. The number of rotatable bonds is 7. The summed E-state index contributed by atoms with van der Waals surface area (Å²) in [5.74, 6) is 0.233. The van der Waals surface area contributed by atoms with Crippen LogP contribution in [0.4, 0.5) is 0 Å². The third-order valence-electron chi connectivity index (χ3n) is 3.34. The average Bonchev–Trinajstić information content (AvgIpc) is 2.93. The quantitative estimate of drug-likeness (QED) is 0.843. The molecule has 0 radical (unpaired) electrons. The molecule has 6 heteroatoms. The number of benzene rings is 1. The van der Waals surface area contributed by atoms with Gasteiger partial charge in [-0.2, -0.15) is 4.98 Å². The number of carboxylic acids is 1. The molecule has 1 unspecified atom stereocenters. The van der Waals surface area contributed by atoms with Crippen molar-refractivity contribution in [1.82, 2.24) is 15.0 Å². The number of carboxylic acid groups (broad SMARTS) is 1. The van der Waals surface area contributed by atoms with Gasteiger partial charge < -0.3 is 9.63 Å². The molecule has 0 aliphatic heterocycles. The summed E-state index contributed by atoms with van der Waals surface area (Å²) in [6.07, 6.45) is 0.0908. The summed E-state index contributed by atoms with van der Waals surface area (Å²) in [5.41, 5.74) is 0.897. The Morgan fingerprint density at radius 2 is 2.10 bits per heavy atom. The first-order chi connectivity index (χ1) is 10.1. The van der Waals surface area contributed by atoms with E-state index in [2.05, 4.69) is 10.1 Å². The van der Waals surface area contributed by atoms with E-state index in [1.54, 1.807) is 0 Å². The lowest BCUT2D eigenvalue weighted by molar-refractivity contribution is -0.138. The van der Waals surface area contributed by atoms with Gasteiger partial charge in [0.2, 0.25) is 11.7 Å². The minimum atomic E-state index is -0.809. The number of aliphatic carboxylic acids is 1. The number of hydrogen-bond acceptors (Lipinski definition) is 5. The van der Waals surface area contributed by atoms with Gasteiger partial charge in [0, 0.05) is 11.6 Å². The largest absolute Gasteiger partial charge is 0.481 e. The van der Waals surface area contributed by atoms with Crippen molar-refractivity contribution in [3.63, 3.8) is 0 Å². The van der Waals surface area contributed by atoms with Gasteiger partial charge in [-0.1, -0.05) is 42.4 Å². The van der Waals surface area contributed by atoms with E-state index < -0.39 is 5.97 Å². The molecule has 0 spiro atoms. The van der Waals surface area contributed by atoms with Crippen LogP contribution < -0.4 is 0 Å². The summed E-state index contributed by atoms with van der Waals surface area (Å²) in [6, 6.07) is 9.51. The van der Waals surface area contributed by atoms with E-state index in [1.165, 1.54) is 0 Å². The fourth-order valence-electron chi connectivity index (χ4n) is 2.16. The highest BCUT2D eigenvalue weighted by atomic mass is 16.5. The molecule has 0 fully saturated rings. The average molecular weight is 289 g/mol. The van der Waals surface area contributed by atoms with Gasteiger partial charge in [-0.3, -0.25) is 9.69 Å². The molecule has 1 aromatic carbocycles. The normalized spacial score (nSPS) is 12.5. The van der Waals surface area contributed by atoms with Crippen molar-refractivity contribution in [2.75, 3.05) is 6.54 Å². The Kier molecular flexibility index (Phi) is 5.05. The zero-order valence-corrected chi connectivity index (χ0v) is 12.2. The van der Waals surface area contributed by atoms with E-state index in [9.17, 15) is 4.79 Å². The second-order valence-corrected chi connectivity index (χ2v) is 4.89. The number of aromatic nitrogens is 2. The summed E-state index contributed by atoms with van der Waals surface area (Å²) in [6.45, 7) is 5.03. The van der Waals surface area contributed by atoms with Gasteiger partial charge in [-0.25, -0.2) is 0 Å². The van der Waals surface area contributed by atoms with Gasteiger partial charge in [0.05, 0.1) is 13.0 Å².